The van der Waals surface area contributed by atoms with Crippen LogP contribution in [0.1, 0.15) is 17.3 Å². The number of fused-ring (bicyclic) bond motifs is 1. The number of nitrogens with one attached hydrogen (secondary N) is 1. The zero-order valence-electron chi connectivity index (χ0n) is 9.86. The molecule has 1 heterocycles. The van der Waals surface area contributed by atoms with Crippen LogP contribution in [0.4, 0.5) is 5.82 Å². The van der Waals surface area contributed by atoms with E-state index in [1.165, 1.54) is 0 Å². The van der Waals surface area contributed by atoms with Gasteiger partial charge in [0.25, 0.3) is 0 Å². The van der Waals surface area contributed by atoms with Crippen LogP contribution in [0.2, 0.25) is 0 Å². The van der Waals surface area contributed by atoms with Gasteiger partial charge in [0.05, 0.1) is 12.2 Å². The first kappa shape index (κ1) is 11.4. The van der Waals surface area contributed by atoms with Gasteiger partial charge >= 0.3 is 5.97 Å². The van der Waals surface area contributed by atoms with Crippen LogP contribution in [0.25, 0.3) is 10.8 Å². The lowest BCUT2D eigenvalue weighted by molar-refractivity contribution is 0.0526. The number of nitrogens with zero attached hydrogens (tertiary/aromatic N) is 1. The monoisotopic (exact) mass is 230 g/mol. The van der Waals surface area contributed by atoms with Crippen molar-refractivity contribution >= 4 is 22.6 Å². The summed E-state index contributed by atoms with van der Waals surface area (Å²) in [7, 11) is 1.80. The first-order chi connectivity index (χ1) is 8.26. The molecule has 0 unspecified atom stereocenters. The van der Waals surface area contributed by atoms with E-state index < -0.39 is 0 Å². The smallest absolute Gasteiger partial charge is 0.338 e. The van der Waals surface area contributed by atoms with Crippen LogP contribution >= 0.6 is 0 Å². The summed E-state index contributed by atoms with van der Waals surface area (Å²) in [6.07, 6.45) is 1.73. The van der Waals surface area contributed by atoms with E-state index >= 15 is 0 Å². The zero-order chi connectivity index (χ0) is 12.3. The highest BCUT2D eigenvalue weighted by atomic mass is 16.5. The normalized spacial score (nSPS) is 10.2. The molecule has 1 aromatic carbocycles. The highest BCUT2D eigenvalue weighted by Crippen LogP contribution is 2.22. The third kappa shape index (κ3) is 2.20. The average molecular weight is 230 g/mol. The van der Waals surface area contributed by atoms with Crippen LogP contribution in [-0.2, 0) is 4.74 Å². The van der Waals surface area contributed by atoms with Gasteiger partial charge in [0.15, 0.2) is 0 Å². The number of pyridine rings is 1. The van der Waals surface area contributed by atoms with Crippen LogP contribution in [0.15, 0.2) is 30.5 Å². The number of aromatic nitrogens is 1. The van der Waals surface area contributed by atoms with Crippen LogP contribution in [0.3, 0.4) is 0 Å². The fourth-order valence-electron chi connectivity index (χ4n) is 1.71. The van der Waals surface area contributed by atoms with Crippen molar-refractivity contribution in [2.24, 2.45) is 0 Å². The molecule has 17 heavy (non-hydrogen) atoms. The Morgan fingerprint density at radius 2 is 2.24 bits per heavy atom. The minimum atomic E-state index is -0.305. The topological polar surface area (TPSA) is 51.2 Å². The minimum Gasteiger partial charge on any atom is -0.462 e. The lowest BCUT2D eigenvalue weighted by Crippen LogP contribution is -2.04. The fourth-order valence-corrected chi connectivity index (χ4v) is 1.71. The lowest BCUT2D eigenvalue weighted by Gasteiger charge is -2.07. The van der Waals surface area contributed by atoms with Gasteiger partial charge in [0.1, 0.15) is 5.82 Å². The van der Waals surface area contributed by atoms with Crippen molar-refractivity contribution in [2.75, 3.05) is 19.0 Å². The third-order valence-corrected chi connectivity index (χ3v) is 2.51. The molecule has 0 saturated heterocycles. The van der Waals surface area contributed by atoms with Gasteiger partial charge in [0, 0.05) is 18.6 Å². The van der Waals surface area contributed by atoms with Gasteiger partial charge in [-0.05, 0) is 30.5 Å². The van der Waals surface area contributed by atoms with Crippen molar-refractivity contribution in [2.45, 2.75) is 6.92 Å². The molecule has 4 nitrogen and oxygen atoms in total. The molecule has 0 saturated carbocycles. The molecule has 0 aliphatic carbocycles. The number of benzene rings is 1. The lowest BCUT2D eigenvalue weighted by atomic mass is 10.1. The predicted octanol–water partition coefficient (Wildman–Crippen LogP) is 2.45. The van der Waals surface area contributed by atoms with Gasteiger partial charge in [-0.2, -0.15) is 0 Å². The van der Waals surface area contributed by atoms with Crippen molar-refractivity contribution in [1.29, 1.82) is 0 Å². The van der Waals surface area contributed by atoms with E-state index in [1.807, 2.05) is 12.1 Å². The molecule has 0 bridgehead atoms. The van der Waals surface area contributed by atoms with Crippen LogP contribution in [-0.4, -0.2) is 24.6 Å². The molecular weight excluding hydrogens is 216 g/mol. The summed E-state index contributed by atoms with van der Waals surface area (Å²) < 4.78 is 4.97. The van der Waals surface area contributed by atoms with Crippen molar-refractivity contribution < 1.29 is 9.53 Å². The number of carbonyl (C=O) groups is 1. The van der Waals surface area contributed by atoms with E-state index in [1.54, 1.807) is 32.3 Å². The number of ether oxygens (including phenoxy) is 1. The molecule has 0 atom stereocenters. The number of carbonyl (C=O) groups excluding carboxylic acids is 1. The first-order valence-electron chi connectivity index (χ1n) is 5.50. The molecule has 0 fully saturated rings. The second-order valence-corrected chi connectivity index (χ2v) is 3.57. The largest absolute Gasteiger partial charge is 0.462 e. The third-order valence-electron chi connectivity index (χ3n) is 2.51. The molecule has 1 aromatic heterocycles. The Kier molecular flexibility index (Phi) is 3.23. The van der Waals surface area contributed by atoms with Crippen LogP contribution in [0, 0.1) is 0 Å². The van der Waals surface area contributed by atoms with E-state index in [2.05, 4.69) is 10.3 Å². The van der Waals surface area contributed by atoms with Gasteiger partial charge in [-0.3, -0.25) is 0 Å². The van der Waals surface area contributed by atoms with Gasteiger partial charge in [0.2, 0.25) is 0 Å². The molecule has 0 aliphatic heterocycles. The number of rotatable bonds is 3. The second-order valence-electron chi connectivity index (χ2n) is 3.57. The molecule has 4 heteroatoms. The van der Waals surface area contributed by atoms with E-state index in [0.717, 1.165) is 16.6 Å². The SMILES string of the molecule is CCOC(=O)c1ccc2ccnc(NC)c2c1. The average Bonchev–Trinajstić information content (AvgIpc) is 2.37. The Morgan fingerprint density at radius 3 is 2.94 bits per heavy atom. The maximum atomic E-state index is 11.6. The molecule has 1 N–H and O–H groups in total. The summed E-state index contributed by atoms with van der Waals surface area (Å²) in [5, 5.41) is 4.96. The van der Waals surface area contributed by atoms with Gasteiger partial charge < -0.3 is 10.1 Å². The Labute approximate surface area is 99.6 Å². The predicted molar refractivity (Wildman–Crippen MR) is 67.2 cm³/mol. The van der Waals surface area contributed by atoms with Crippen LogP contribution < -0.4 is 5.32 Å². The number of hydrogen-bond acceptors (Lipinski definition) is 4. The standard InChI is InChI=1S/C13H14N2O2/c1-3-17-13(16)10-5-4-9-6-7-15-12(14-2)11(9)8-10/h4-8H,3H2,1-2H3,(H,14,15). The van der Waals surface area contributed by atoms with Gasteiger partial charge in [-0.1, -0.05) is 6.07 Å². The highest BCUT2D eigenvalue weighted by molar-refractivity contribution is 5.99. The minimum absolute atomic E-state index is 0.305. The van der Waals surface area contributed by atoms with E-state index in [0.29, 0.717) is 12.2 Å². The summed E-state index contributed by atoms with van der Waals surface area (Å²) in [6, 6.07) is 7.36. The fraction of sp³-hybridized carbons (Fsp3) is 0.231. The molecule has 2 rings (SSSR count). The first-order valence-corrected chi connectivity index (χ1v) is 5.50. The maximum absolute atomic E-state index is 11.6. The van der Waals surface area contributed by atoms with Crippen molar-refractivity contribution in [3.8, 4) is 0 Å². The summed E-state index contributed by atoms with van der Waals surface area (Å²) in [5.41, 5.74) is 0.545. The zero-order valence-corrected chi connectivity index (χ0v) is 9.86. The van der Waals surface area contributed by atoms with Crippen molar-refractivity contribution in [3.63, 3.8) is 0 Å². The van der Waals surface area contributed by atoms with E-state index in [4.69, 9.17) is 4.74 Å². The quantitative estimate of drug-likeness (QED) is 0.823. The highest BCUT2D eigenvalue weighted by Gasteiger charge is 2.08. The Hall–Kier alpha value is -2.10. The Bertz CT molecular complexity index is 552. The van der Waals surface area contributed by atoms with Crippen LogP contribution in [0.5, 0.6) is 0 Å². The molecule has 0 spiro atoms. The van der Waals surface area contributed by atoms with E-state index in [9.17, 15) is 4.79 Å². The number of anilines is 1. The molecule has 88 valence electrons. The second kappa shape index (κ2) is 4.82. The Balaban J connectivity index is 2.52. The summed E-state index contributed by atoms with van der Waals surface area (Å²) in [6.45, 7) is 2.17. The van der Waals surface area contributed by atoms with Crippen molar-refractivity contribution in [1.82, 2.24) is 4.98 Å². The van der Waals surface area contributed by atoms with Gasteiger partial charge in [-0.25, -0.2) is 9.78 Å². The maximum Gasteiger partial charge on any atom is 0.338 e. The van der Waals surface area contributed by atoms with Gasteiger partial charge in [-0.15, -0.1) is 0 Å². The number of hydrogen-bond donors (Lipinski definition) is 1. The Morgan fingerprint density at radius 1 is 1.41 bits per heavy atom. The molecule has 0 amide bonds. The molecule has 0 aliphatic rings. The van der Waals surface area contributed by atoms with Crippen molar-refractivity contribution in [3.05, 3.63) is 36.0 Å². The number of esters is 1. The summed E-state index contributed by atoms with van der Waals surface area (Å²) in [4.78, 5) is 15.8. The molecule has 0 radical (unpaired) electrons. The molecule has 2 aromatic rings. The summed E-state index contributed by atoms with van der Waals surface area (Å²) >= 11 is 0. The van der Waals surface area contributed by atoms with E-state index in [-0.39, 0.29) is 5.97 Å². The molecular formula is C13H14N2O2. The summed E-state index contributed by atoms with van der Waals surface area (Å²) in [5.74, 6) is 0.453.